The second-order valence-electron chi connectivity index (χ2n) is 8.87. The van der Waals surface area contributed by atoms with E-state index in [9.17, 15) is 5.11 Å². The summed E-state index contributed by atoms with van der Waals surface area (Å²) < 4.78 is 23.6. The maximum atomic E-state index is 9.93. The second kappa shape index (κ2) is 10.3. The van der Waals surface area contributed by atoms with Gasteiger partial charge in [-0.05, 0) is 77.8 Å². The summed E-state index contributed by atoms with van der Waals surface area (Å²) >= 11 is 0. The number of aliphatic hydroxyl groups is 1. The Kier molecular flexibility index (Phi) is 7.67. The highest BCUT2D eigenvalue weighted by molar-refractivity contribution is 6.15. The van der Waals surface area contributed by atoms with Crippen LogP contribution >= 0.6 is 0 Å². The molecule has 0 spiro atoms. The van der Waals surface area contributed by atoms with Gasteiger partial charge in [0.05, 0.1) is 43.8 Å². The standard InChI is InChI=1S/C26H35NO5/c1-15(2)30-21-9-19(10-22(12-21)31-16(3)4)26-23-13-24(29-7)25(32-17(5)6)11-18(23)8-20(14-28)27-26/h9-13,15-17,20,28H,8,14H2,1-7H3. The number of benzene rings is 2. The Morgan fingerprint density at radius 3 is 1.94 bits per heavy atom. The van der Waals surface area contributed by atoms with Crippen molar-refractivity contribution < 1.29 is 24.1 Å². The van der Waals surface area contributed by atoms with E-state index < -0.39 is 0 Å². The van der Waals surface area contributed by atoms with Gasteiger partial charge in [-0.25, -0.2) is 0 Å². The first-order valence-corrected chi connectivity index (χ1v) is 11.3. The molecule has 1 atom stereocenters. The van der Waals surface area contributed by atoms with Gasteiger partial charge in [-0.15, -0.1) is 0 Å². The molecule has 1 unspecified atom stereocenters. The van der Waals surface area contributed by atoms with E-state index in [1.807, 2.05) is 71.9 Å². The highest BCUT2D eigenvalue weighted by Gasteiger charge is 2.25. The van der Waals surface area contributed by atoms with Crippen LogP contribution in [-0.2, 0) is 6.42 Å². The summed E-state index contributed by atoms with van der Waals surface area (Å²) in [7, 11) is 1.64. The molecule has 32 heavy (non-hydrogen) atoms. The second-order valence-corrected chi connectivity index (χ2v) is 8.87. The summed E-state index contributed by atoms with van der Waals surface area (Å²) in [6.45, 7) is 11.9. The molecule has 0 saturated heterocycles. The van der Waals surface area contributed by atoms with E-state index in [0.717, 1.165) is 33.9 Å². The predicted molar refractivity (Wildman–Crippen MR) is 127 cm³/mol. The van der Waals surface area contributed by atoms with Gasteiger partial charge in [0.25, 0.3) is 0 Å². The molecule has 0 bridgehead atoms. The molecule has 2 aromatic carbocycles. The number of hydrogen-bond donors (Lipinski definition) is 1. The minimum Gasteiger partial charge on any atom is -0.493 e. The zero-order chi connectivity index (χ0) is 23.4. The van der Waals surface area contributed by atoms with Crippen molar-refractivity contribution in [3.8, 4) is 23.0 Å². The van der Waals surface area contributed by atoms with Crippen LogP contribution in [0.4, 0.5) is 0 Å². The third kappa shape index (κ3) is 5.74. The zero-order valence-electron chi connectivity index (χ0n) is 20.1. The van der Waals surface area contributed by atoms with Crippen LogP contribution < -0.4 is 18.9 Å². The first-order chi connectivity index (χ1) is 15.2. The molecule has 0 amide bonds. The van der Waals surface area contributed by atoms with Gasteiger partial charge in [0.1, 0.15) is 11.5 Å². The molecule has 6 heteroatoms. The lowest BCUT2D eigenvalue weighted by Crippen LogP contribution is -2.25. The van der Waals surface area contributed by atoms with Crippen molar-refractivity contribution in [1.82, 2.24) is 0 Å². The molecule has 0 saturated carbocycles. The van der Waals surface area contributed by atoms with Crippen LogP contribution in [0.25, 0.3) is 0 Å². The summed E-state index contributed by atoms with van der Waals surface area (Å²) in [5, 5.41) is 9.93. The van der Waals surface area contributed by atoms with E-state index in [1.54, 1.807) is 7.11 Å². The predicted octanol–water partition coefficient (Wildman–Crippen LogP) is 4.81. The van der Waals surface area contributed by atoms with Gasteiger partial charge < -0.3 is 24.1 Å². The van der Waals surface area contributed by atoms with E-state index in [-0.39, 0.29) is 31.0 Å². The van der Waals surface area contributed by atoms with Crippen molar-refractivity contribution in [3.63, 3.8) is 0 Å². The number of nitrogens with zero attached hydrogens (tertiary/aromatic N) is 1. The lowest BCUT2D eigenvalue weighted by Gasteiger charge is -2.25. The van der Waals surface area contributed by atoms with Crippen molar-refractivity contribution in [2.24, 2.45) is 4.99 Å². The Bertz CT molecular complexity index is 937. The first-order valence-electron chi connectivity index (χ1n) is 11.3. The van der Waals surface area contributed by atoms with Gasteiger partial charge in [-0.1, -0.05) is 0 Å². The quantitative estimate of drug-likeness (QED) is 0.605. The minimum atomic E-state index is -0.234. The molecule has 174 valence electrons. The van der Waals surface area contributed by atoms with E-state index in [2.05, 4.69) is 0 Å². The molecule has 0 aromatic heterocycles. The van der Waals surface area contributed by atoms with Gasteiger partial charge in [0, 0.05) is 17.2 Å². The monoisotopic (exact) mass is 441 g/mol. The number of ether oxygens (including phenoxy) is 4. The van der Waals surface area contributed by atoms with E-state index >= 15 is 0 Å². The van der Waals surface area contributed by atoms with Crippen LogP contribution in [0.1, 0.15) is 58.2 Å². The Morgan fingerprint density at radius 2 is 1.44 bits per heavy atom. The molecule has 2 aromatic rings. The van der Waals surface area contributed by atoms with Crippen LogP contribution in [-0.4, -0.2) is 48.9 Å². The molecule has 0 radical (unpaired) electrons. The third-order valence-electron chi connectivity index (χ3n) is 4.88. The number of methoxy groups -OCH3 is 1. The number of fused-ring (bicyclic) bond motifs is 1. The zero-order valence-corrected chi connectivity index (χ0v) is 20.1. The summed E-state index contributed by atoms with van der Waals surface area (Å²) in [6.07, 6.45) is 0.705. The summed E-state index contributed by atoms with van der Waals surface area (Å²) in [4.78, 5) is 4.88. The number of hydrogen-bond acceptors (Lipinski definition) is 6. The maximum Gasteiger partial charge on any atom is 0.161 e. The van der Waals surface area contributed by atoms with Crippen molar-refractivity contribution >= 4 is 5.71 Å². The average Bonchev–Trinajstić information content (AvgIpc) is 2.70. The molecular weight excluding hydrogens is 406 g/mol. The maximum absolute atomic E-state index is 9.93. The van der Waals surface area contributed by atoms with Crippen molar-refractivity contribution in [2.45, 2.75) is 72.3 Å². The van der Waals surface area contributed by atoms with Gasteiger partial charge >= 0.3 is 0 Å². The SMILES string of the molecule is COc1cc2c(cc1OC(C)C)CC(CO)N=C2c1cc(OC(C)C)cc(OC(C)C)c1. The lowest BCUT2D eigenvalue weighted by atomic mass is 9.89. The minimum absolute atomic E-state index is 0.0212. The van der Waals surface area contributed by atoms with E-state index in [0.29, 0.717) is 17.9 Å². The Morgan fingerprint density at radius 1 is 0.844 bits per heavy atom. The van der Waals surface area contributed by atoms with Crippen LogP contribution in [0.2, 0.25) is 0 Å². The van der Waals surface area contributed by atoms with Crippen molar-refractivity contribution in [3.05, 3.63) is 47.0 Å². The number of aliphatic imine (C=N–C) groups is 1. The first kappa shape index (κ1) is 23.9. The summed E-state index contributed by atoms with van der Waals surface area (Å²) in [6, 6.07) is 9.59. The van der Waals surface area contributed by atoms with Gasteiger partial charge in [-0.3, -0.25) is 4.99 Å². The molecule has 1 aliphatic heterocycles. The summed E-state index contributed by atoms with van der Waals surface area (Å²) in [5.74, 6) is 2.78. The molecule has 1 aliphatic rings. The summed E-state index contributed by atoms with van der Waals surface area (Å²) in [5.41, 5.74) is 3.67. The molecule has 1 heterocycles. The Balaban J connectivity index is 2.15. The Hall–Kier alpha value is -2.73. The largest absolute Gasteiger partial charge is 0.493 e. The fourth-order valence-corrected chi connectivity index (χ4v) is 3.77. The highest BCUT2D eigenvalue weighted by Crippen LogP contribution is 2.37. The molecule has 3 rings (SSSR count). The highest BCUT2D eigenvalue weighted by atomic mass is 16.5. The van der Waals surface area contributed by atoms with Crippen LogP contribution in [0.3, 0.4) is 0 Å². The fraction of sp³-hybridized carbons (Fsp3) is 0.500. The molecule has 1 N–H and O–H groups in total. The van der Waals surface area contributed by atoms with Gasteiger partial charge in [-0.2, -0.15) is 0 Å². The van der Waals surface area contributed by atoms with Gasteiger partial charge in [0.15, 0.2) is 11.5 Å². The fourth-order valence-electron chi connectivity index (χ4n) is 3.77. The van der Waals surface area contributed by atoms with E-state index in [4.69, 9.17) is 23.9 Å². The smallest absolute Gasteiger partial charge is 0.161 e. The van der Waals surface area contributed by atoms with Gasteiger partial charge in [0.2, 0.25) is 0 Å². The van der Waals surface area contributed by atoms with E-state index in [1.165, 1.54) is 0 Å². The van der Waals surface area contributed by atoms with Crippen molar-refractivity contribution in [1.29, 1.82) is 0 Å². The Labute approximate surface area is 191 Å². The molecule has 6 nitrogen and oxygen atoms in total. The van der Waals surface area contributed by atoms with Crippen molar-refractivity contribution in [2.75, 3.05) is 13.7 Å². The van der Waals surface area contributed by atoms with Crippen LogP contribution in [0, 0.1) is 0 Å². The number of rotatable bonds is 9. The normalized spacial score (nSPS) is 15.6. The number of aliphatic hydroxyl groups excluding tert-OH is 1. The molecule has 0 fully saturated rings. The average molecular weight is 442 g/mol. The molecular formula is C26H35NO5. The third-order valence-corrected chi connectivity index (χ3v) is 4.88. The molecule has 0 aliphatic carbocycles. The van der Waals surface area contributed by atoms with Crippen LogP contribution in [0.15, 0.2) is 35.3 Å². The van der Waals surface area contributed by atoms with Crippen LogP contribution in [0.5, 0.6) is 23.0 Å². The lowest BCUT2D eigenvalue weighted by molar-refractivity contribution is 0.228. The topological polar surface area (TPSA) is 69.5 Å².